The van der Waals surface area contributed by atoms with Crippen LogP contribution in [0.1, 0.15) is 36.9 Å². The third-order valence-electron chi connectivity index (χ3n) is 2.70. The van der Waals surface area contributed by atoms with Crippen LogP contribution in [0.15, 0.2) is 24.3 Å². The molecule has 102 valence electrons. The molecule has 18 heavy (non-hydrogen) atoms. The van der Waals surface area contributed by atoms with E-state index in [4.69, 9.17) is 11.6 Å². The van der Waals surface area contributed by atoms with Crippen molar-refractivity contribution in [3.05, 3.63) is 35.4 Å². The molecule has 0 heterocycles. The van der Waals surface area contributed by atoms with Crippen LogP contribution in [-0.2, 0) is 10.0 Å². The molecule has 1 rings (SSSR count). The second-order valence-electron chi connectivity index (χ2n) is 4.47. The Balaban J connectivity index is 2.61. The van der Waals surface area contributed by atoms with Gasteiger partial charge in [-0.1, -0.05) is 29.8 Å². The molecule has 0 unspecified atom stereocenters. The molecule has 0 saturated carbocycles. The highest BCUT2D eigenvalue weighted by Crippen LogP contribution is 2.15. The fourth-order valence-electron chi connectivity index (χ4n) is 1.72. The Bertz CT molecular complexity index is 474. The van der Waals surface area contributed by atoms with E-state index in [2.05, 4.69) is 4.72 Å². The minimum Gasteiger partial charge on any atom is -0.212 e. The van der Waals surface area contributed by atoms with Gasteiger partial charge in [-0.05, 0) is 32.3 Å². The monoisotopic (exact) mass is 289 g/mol. The van der Waals surface area contributed by atoms with Crippen molar-refractivity contribution < 1.29 is 8.42 Å². The Hall–Kier alpha value is -0.580. The molecule has 5 heteroatoms. The van der Waals surface area contributed by atoms with E-state index in [1.54, 1.807) is 0 Å². The summed E-state index contributed by atoms with van der Waals surface area (Å²) in [6.45, 7) is 3.85. The van der Waals surface area contributed by atoms with Gasteiger partial charge in [-0.25, -0.2) is 13.1 Å². The van der Waals surface area contributed by atoms with Crippen LogP contribution in [0.3, 0.4) is 0 Å². The zero-order valence-corrected chi connectivity index (χ0v) is 12.4. The van der Waals surface area contributed by atoms with Gasteiger partial charge >= 0.3 is 0 Å². The Morgan fingerprint density at radius 3 is 2.67 bits per heavy atom. The van der Waals surface area contributed by atoms with Gasteiger partial charge < -0.3 is 0 Å². The number of hydrogen-bond donors (Lipinski definition) is 1. The van der Waals surface area contributed by atoms with Crippen molar-refractivity contribution in [2.24, 2.45) is 0 Å². The smallest absolute Gasteiger partial charge is 0.212 e. The van der Waals surface area contributed by atoms with Gasteiger partial charge in [-0.15, -0.1) is 11.6 Å². The summed E-state index contributed by atoms with van der Waals surface area (Å²) >= 11 is 5.53. The maximum atomic E-state index is 11.8. The molecule has 0 aliphatic rings. The van der Waals surface area contributed by atoms with Crippen LogP contribution >= 0.6 is 11.6 Å². The number of rotatable bonds is 7. The van der Waals surface area contributed by atoms with Crippen LogP contribution in [0.5, 0.6) is 0 Å². The van der Waals surface area contributed by atoms with E-state index in [1.807, 2.05) is 38.1 Å². The highest BCUT2D eigenvalue weighted by molar-refractivity contribution is 7.89. The second kappa shape index (κ2) is 7.12. The highest BCUT2D eigenvalue weighted by atomic mass is 35.5. The van der Waals surface area contributed by atoms with Crippen molar-refractivity contribution in [3.63, 3.8) is 0 Å². The largest absolute Gasteiger partial charge is 0.212 e. The molecule has 0 saturated heterocycles. The standard InChI is InChI=1S/C13H20ClNO2S/c1-11-6-5-7-13(10-11)12(2)15-18(16,17)9-4-3-8-14/h5-7,10,12,15H,3-4,8-9H2,1-2H3/t12-/m1/s1. The second-order valence-corrected chi connectivity index (χ2v) is 6.72. The third-order valence-corrected chi connectivity index (χ3v) is 4.50. The van der Waals surface area contributed by atoms with Crippen molar-refractivity contribution in [2.45, 2.75) is 32.7 Å². The zero-order valence-electron chi connectivity index (χ0n) is 10.8. The molecular formula is C13H20ClNO2S. The van der Waals surface area contributed by atoms with Gasteiger partial charge in [0.25, 0.3) is 0 Å². The molecular weight excluding hydrogens is 270 g/mol. The molecule has 0 aromatic heterocycles. The summed E-state index contributed by atoms with van der Waals surface area (Å²) < 4.78 is 26.3. The molecule has 0 aliphatic heterocycles. The van der Waals surface area contributed by atoms with E-state index in [0.717, 1.165) is 17.5 Å². The number of aryl methyl sites for hydroxylation is 1. The maximum absolute atomic E-state index is 11.8. The molecule has 1 aromatic rings. The van der Waals surface area contributed by atoms with E-state index in [0.29, 0.717) is 12.3 Å². The lowest BCUT2D eigenvalue weighted by Gasteiger charge is -2.15. The average Bonchev–Trinajstić information content (AvgIpc) is 2.28. The summed E-state index contributed by atoms with van der Waals surface area (Å²) in [7, 11) is -3.22. The molecule has 0 amide bonds. The topological polar surface area (TPSA) is 46.2 Å². The molecule has 0 radical (unpaired) electrons. The normalized spacial score (nSPS) is 13.5. The number of alkyl halides is 1. The van der Waals surface area contributed by atoms with Crippen LogP contribution in [-0.4, -0.2) is 20.1 Å². The number of halogens is 1. The number of sulfonamides is 1. The first-order valence-corrected chi connectivity index (χ1v) is 8.26. The predicted octanol–water partition coefficient (Wildman–Crippen LogP) is 2.99. The van der Waals surface area contributed by atoms with Gasteiger partial charge in [0.1, 0.15) is 0 Å². The quantitative estimate of drug-likeness (QED) is 0.619. The highest BCUT2D eigenvalue weighted by Gasteiger charge is 2.15. The number of hydrogen-bond acceptors (Lipinski definition) is 2. The van der Waals surface area contributed by atoms with Gasteiger partial charge in [0.05, 0.1) is 5.75 Å². The van der Waals surface area contributed by atoms with Crippen molar-refractivity contribution in [2.75, 3.05) is 11.6 Å². The van der Waals surface area contributed by atoms with Crippen molar-refractivity contribution in [1.82, 2.24) is 4.72 Å². The summed E-state index contributed by atoms with van der Waals surface area (Å²) in [6.07, 6.45) is 1.32. The Morgan fingerprint density at radius 1 is 1.33 bits per heavy atom. The number of unbranched alkanes of at least 4 members (excludes halogenated alkanes) is 1. The summed E-state index contributed by atoms with van der Waals surface area (Å²) in [6, 6.07) is 7.64. The first kappa shape index (κ1) is 15.5. The lowest BCUT2D eigenvalue weighted by atomic mass is 10.1. The molecule has 1 atom stereocenters. The fraction of sp³-hybridized carbons (Fsp3) is 0.538. The number of nitrogens with one attached hydrogen (secondary N) is 1. The van der Waals surface area contributed by atoms with Gasteiger partial charge in [0, 0.05) is 11.9 Å². The lowest BCUT2D eigenvalue weighted by molar-refractivity contribution is 0.564. The van der Waals surface area contributed by atoms with E-state index in [9.17, 15) is 8.42 Å². The van der Waals surface area contributed by atoms with Crippen molar-refractivity contribution in [1.29, 1.82) is 0 Å². The Labute approximate surface area is 115 Å². The van der Waals surface area contributed by atoms with E-state index in [1.165, 1.54) is 0 Å². The fourth-order valence-corrected chi connectivity index (χ4v) is 3.29. The SMILES string of the molecule is Cc1cccc([C@@H](C)NS(=O)(=O)CCCCCl)c1. The van der Waals surface area contributed by atoms with Crippen LogP contribution < -0.4 is 4.72 Å². The van der Waals surface area contributed by atoms with Crippen LogP contribution in [0.4, 0.5) is 0 Å². The minimum atomic E-state index is -3.22. The van der Waals surface area contributed by atoms with E-state index < -0.39 is 10.0 Å². The Morgan fingerprint density at radius 2 is 2.06 bits per heavy atom. The predicted molar refractivity (Wildman–Crippen MR) is 76.5 cm³/mol. The summed E-state index contributed by atoms with van der Waals surface area (Å²) in [5, 5.41) is 0. The van der Waals surface area contributed by atoms with Crippen molar-refractivity contribution in [3.8, 4) is 0 Å². The molecule has 0 aliphatic carbocycles. The first-order chi connectivity index (χ1) is 8.44. The van der Waals surface area contributed by atoms with Gasteiger partial charge in [0.15, 0.2) is 0 Å². The van der Waals surface area contributed by atoms with Gasteiger partial charge in [-0.2, -0.15) is 0 Å². The first-order valence-electron chi connectivity index (χ1n) is 6.07. The zero-order chi connectivity index (χ0) is 13.6. The molecule has 0 fully saturated rings. The summed E-state index contributed by atoms with van der Waals surface area (Å²) in [5.74, 6) is 0.638. The molecule has 1 aromatic carbocycles. The van der Waals surface area contributed by atoms with Gasteiger partial charge in [-0.3, -0.25) is 0 Å². The van der Waals surface area contributed by atoms with Crippen LogP contribution in [0, 0.1) is 6.92 Å². The lowest BCUT2D eigenvalue weighted by Crippen LogP contribution is -2.29. The van der Waals surface area contributed by atoms with Crippen LogP contribution in [0.25, 0.3) is 0 Å². The summed E-state index contributed by atoms with van der Waals surface area (Å²) in [4.78, 5) is 0. The summed E-state index contributed by atoms with van der Waals surface area (Å²) in [5.41, 5.74) is 2.11. The molecule has 0 bridgehead atoms. The van der Waals surface area contributed by atoms with Crippen LogP contribution in [0.2, 0.25) is 0 Å². The van der Waals surface area contributed by atoms with E-state index >= 15 is 0 Å². The van der Waals surface area contributed by atoms with Crippen molar-refractivity contribution >= 4 is 21.6 Å². The average molecular weight is 290 g/mol. The van der Waals surface area contributed by atoms with Gasteiger partial charge in [0.2, 0.25) is 10.0 Å². The molecule has 0 spiro atoms. The van der Waals surface area contributed by atoms with E-state index in [-0.39, 0.29) is 11.8 Å². The third kappa shape index (κ3) is 5.38. The number of benzene rings is 1. The molecule has 1 N–H and O–H groups in total. The maximum Gasteiger partial charge on any atom is 0.212 e. The molecule has 3 nitrogen and oxygen atoms in total. The Kier molecular flexibility index (Phi) is 6.12. The minimum absolute atomic E-state index is 0.135.